The Morgan fingerprint density at radius 2 is 0.826 bits per heavy atom. The summed E-state index contributed by atoms with van der Waals surface area (Å²) in [5, 5.41) is 8.52. The smallest absolute Gasteiger partial charge is 0.0751 e. The number of unbranched alkanes of at least 4 members (excludes halogenated alkanes) is 15. The molecule has 0 fully saturated rings. The maximum Gasteiger partial charge on any atom is 0.0751 e. The minimum Gasteiger partial charge on any atom is -0.516 e. The molecule has 136 valence electrons. The van der Waals surface area contributed by atoms with Gasteiger partial charge in [0.1, 0.15) is 0 Å². The van der Waals surface area contributed by atoms with Gasteiger partial charge in [0.15, 0.2) is 0 Å². The van der Waals surface area contributed by atoms with E-state index in [4.69, 9.17) is 5.11 Å². The molecule has 0 saturated heterocycles. The van der Waals surface area contributed by atoms with Gasteiger partial charge in [-0.05, 0) is 38.5 Å². The van der Waals surface area contributed by atoms with Gasteiger partial charge in [-0.15, -0.1) is 0 Å². The van der Waals surface area contributed by atoms with Gasteiger partial charge in [-0.25, -0.2) is 0 Å². The summed E-state index contributed by atoms with van der Waals surface area (Å²) >= 11 is 0. The third-order valence-electron chi connectivity index (χ3n) is 4.49. The van der Waals surface area contributed by atoms with Crippen molar-refractivity contribution in [2.45, 2.75) is 116 Å². The lowest BCUT2D eigenvalue weighted by Gasteiger charge is -2.01. The third kappa shape index (κ3) is 21.3. The van der Waals surface area contributed by atoms with Crippen LogP contribution in [-0.4, -0.2) is 5.11 Å². The molecule has 0 heterocycles. The quantitative estimate of drug-likeness (QED) is 0.153. The van der Waals surface area contributed by atoms with Crippen LogP contribution in [0.4, 0.5) is 0 Å². The SMILES string of the molecule is CCCCCCCC/C=C\CCCCCCCCCCC=CO. The van der Waals surface area contributed by atoms with Crippen LogP contribution in [-0.2, 0) is 0 Å². The molecule has 0 amide bonds. The summed E-state index contributed by atoms with van der Waals surface area (Å²) in [6.07, 6.45) is 30.7. The van der Waals surface area contributed by atoms with Crippen molar-refractivity contribution in [2.24, 2.45) is 0 Å². The normalized spacial score (nSPS) is 11.9. The van der Waals surface area contributed by atoms with Gasteiger partial charge in [-0.1, -0.05) is 95.8 Å². The third-order valence-corrected chi connectivity index (χ3v) is 4.49. The van der Waals surface area contributed by atoms with Gasteiger partial charge < -0.3 is 5.11 Å². The molecule has 0 aliphatic heterocycles. The molecule has 0 saturated carbocycles. The van der Waals surface area contributed by atoms with E-state index in [2.05, 4.69) is 19.1 Å². The van der Waals surface area contributed by atoms with E-state index in [-0.39, 0.29) is 0 Å². The van der Waals surface area contributed by atoms with Crippen LogP contribution >= 0.6 is 0 Å². The highest BCUT2D eigenvalue weighted by molar-refractivity contribution is 4.81. The number of aliphatic hydroxyl groups excluding tert-OH is 1. The number of allylic oxidation sites excluding steroid dienone is 3. The molecule has 0 radical (unpaired) electrons. The van der Waals surface area contributed by atoms with Gasteiger partial charge >= 0.3 is 0 Å². The Hall–Kier alpha value is -0.720. The molecule has 0 rings (SSSR count). The Kier molecular flexibility index (Phi) is 20.6. The Balaban J connectivity index is 3.05. The van der Waals surface area contributed by atoms with Crippen LogP contribution in [0.15, 0.2) is 24.5 Å². The highest BCUT2D eigenvalue weighted by atomic mass is 16.2. The monoisotopic (exact) mass is 322 g/mol. The van der Waals surface area contributed by atoms with E-state index < -0.39 is 0 Å². The van der Waals surface area contributed by atoms with Crippen molar-refractivity contribution in [3.05, 3.63) is 24.5 Å². The van der Waals surface area contributed by atoms with Crippen molar-refractivity contribution in [3.63, 3.8) is 0 Å². The van der Waals surface area contributed by atoms with Crippen LogP contribution in [0.25, 0.3) is 0 Å². The van der Waals surface area contributed by atoms with Crippen molar-refractivity contribution in [2.75, 3.05) is 0 Å². The fraction of sp³-hybridized carbons (Fsp3) is 0.818. The summed E-state index contributed by atoms with van der Waals surface area (Å²) in [7, 11) is 0. The van der Waals surface area contributed by atoms with Crippen molar-refractivity contribution in [1.82, 2.24) is 0 Å². The topological polar surface area (TPSA) is 20.2 Å². The molecule has 1 heteroatoms. The van der Waals surface area contributed by atoms with Gasteiger partial charge in [0.2, 0.25) is 0 Å². The maximum atomic E-state index is 8.52. The minimum absolute atomic E-state index is 1.03. The van der Waals surface area contributed by atoms with Gasteiger partial charge in [0, 0.05) is 0 Å². The lowest BCUT2D eigenvalue weighted by Crippen LogP contribution is -1.81. The summed E-state index contributed by atoms with van der Waals surface area (Å²) in [6.45, 7) is 2.28. The second-order valence-electron chi connectivity index (χ2n) is 6.82. The van der Waals surface area contributed by atoms with Crippen LogP contribution in [0.3, 0.4) is 0 Å². The zero-order valence-corrected chi connectivity index (χ0v) is 15.8. The van der Waals surface area contributed by atoms with Gasteiger partial charge in [0.05, 0.1) is 6.26 Å². The van der Waals surface area contributed by atoms with E-state index in [9.17, 15) is 0 Å². The minimum atomic E-state index is 1.03. The van der Waals surface area contributed by atoms with E-state index in [0.717, 1.165) is 6.42 Å². The van der Waals surface area contributed by atoms with Crippen LogP contribution in [0, 0.1) is 0 Å². The van der Waals surface area contributed by atoms with Crippen molar-refractivity contribution in [3.8, 4) is 0 Å². The van der Waals surface area contributed by atoms with E-state index >= 15 is 0 Å². The van der Waals surface area contributed by atoms with Crippen molar-refractivity contribution < 1.29 is 5.11 Å². The molecule has 0 aromatic heterocycles. The van der Waals surface area contributed by atoms with Gasteiger partial charge in [0.25, 0.3) is 0 Å². The first-order valence-electron chi connectivity index (χ1n) is 10.4. The molecule has 0 bridgehead atoms. The van der Waals surface area contributed by atoms with Crippen LogP contribution in [0.2, 0.25) is 0 Å². The number of hydrogen-bond donors (Lipinski definition) is 1. The fourth-order valence-electron chi connectivity index (χ4n) is 2.94. The summed E-state index contributed by atoms with van der Waals surface area (Å²) in [5.74, 6) is 0. The summed E-state index contributed by atoms with van der Waals surface area (Å²) in [5.41, 5.74) is 0. The Morgan fingerprint density at radius 1 is 0.478 bits per heavy atom. The summed E-state index contributed by atoms with van der Waals surface area (Å²) in [4.78, 5) is 0. The van der Waals surface area contributed by atoms with Crippen LogP contribution in [0.1, 0.15) is 116 Å². The predicted molar refractivity (Wildman–Crippen MR) is 105 cm³/mol. The van der Waals surface area contributed by atoms with E-state index in [0.29, 0.717) is 0 Å². The molecule has 0 spiro atoms. The lowest BCUT2D eigenvalue weighted by atomic mass is 10.1. The first-order valence-corrected chi connectivity index (χ1v) is 10.4. The Morgan fingerprint density at radius 3 is 1.22 bits per heavy atom. The van der Waals surface area contributed by atoms with E-state index in [1.54, 1.807) is 0 Å². The Labute approximate surface area is 146 Å². The number of hydrogen-bond acceptors (Lipinski definition) is 1. The molecule has 23 heavy (non-hydrogen) atoms. The van der Waals surface area contributed by atoms with Gasteiger partial charge in [-0.3, -0.25) is 0 Å². The molecular formula is C22H42O. The first kappa shape index (κ1) is 22.3. The average Bonchev–Trinajstić information content (AvgIpc) is 2.57. The molecule has 0 aliphatic rings. The molecule has 0 unspecified atom stereocenters. The van der Waals surface area contributed by atoms with Crippen molar-refractivity contribution in [1.29, 1.82) is 0 Å². The van der Waals surface area contributed by atoms with Crippen LogP contribution < -0.4 is 0 Å². The molecular weight excluding hydrogens is 280 g/mol. The molecule has 0 aliphatic carbocycles. The number of aliphatic hydroxyl groups is 1. The van der Waals surface area contributed by atoms with Crippen LogP contribution in [0.5, 0.6) is 0 Å². The average molecular weight is 323 g/mol. The van der Waals surface area contributed by atoms with Gasteiger partial charge in [-0.2, -0.15) is 0 Å². The second kappa shape index (κ2) is 21.3. The second-order valence-corrected chi connectivity index (χ2v) is 6.82. The number of rotatable bonds is 18. The highest BCUT2D eigenvalue weighted by Gasteiger charge is 1.92. The largest absolute Gasteiger partial charge is 0.516 e. The Bertz CT molecular complexity index is 255. The van der Waals surface area contributed by atoms with E-state index in [1.165, 1.54) is 109 Å². The van der Waals surface area contributed by atoms with E-state index in [1.807, 2.05) is 6.08 Å². The fourth-order valence-corrected chi connectivity index (χ4v) is 2.94. The standard InChI is InChI=1S/C22H42O/c1-2-3-4-5-6-7-8-9-10-11-12-13-14-15-16-17-18-19-20-21-22-23/h9-10,21-23H,2-8,11-20H2,1H3/b10-9-,22-21?. The molecule has 0 atom stereocenters. The summed E-state index contributed by atoms with van der Waals surface area (Å²) in [6, 6.07) is 0. The molecule has 0 aromatic carbocycles. The zero-order valence-electron chi connectivity index (χ0n) is 15.8. The molecule has 0 aromatic rings. The van der Waals surface area contributed by atoms with Crippen molar-refractivity contribution >= 4 is 0 Å². The predicted octanol–water partition coefficient (Wildman–Crippen LogP) is 8.27. The highest BCUT2D eigenvalue weighted by Crippen LogP contribution is 2.11. The molecule has 1 N–H and O–H groups in total. The molecule has 1 nitrogen and oxygen atoms in total. The summed E-state index contributed by atoms with van der Waals surface area (Å²) < 4.78 is 0. The zero-order chi connectivity index (χ0) is 16.8. The first-order chi connectivity index (χ1) is 11.4. The lowest BCUT2D eigenvalue weighted by molar-refractivity contribution is 0.469. The maximum absolute atomic E-state index is 8.52.